The van der Waals surface area contributed by atoms with Gasteiger partial charge in [-0.1, -0.05) is 11.6 Å². The molecule has 18 heavy (non-hydrogen) atoms. The van der Waals surface area contributed by atoms with Gasteiger partial charge in [0.25, 0.3) is 0 Å². The van der Waals surface area contributed by atoms with E-state index in [-0.39, 0.29) is 11.0 Å². The quantitative estimate of drug-likeness (QED) is 0.721. The summed E-state index contributed by atoms with van der Waals surface area (Å²) >= 11 is 5.36. The normalized spacial score (nSPS) is 13.3. The highest BCUT2D eigenvalue weighted by atomic mass is 35.5. The summed E-state index contributed by atoms with van der Waals surface area (Å²) < 4.78 is 74.4. The Labute approximate surface area is 101 Å². The van der Waals surface area contributed by atoms with Gasteiger partial charge in [0.05, 0.1) is 21.6 Å². The highest BCUT2D eigenvalue weighted by molar-refractivity contribution is 6.32. The highest BCUT2D eigenvalue weighted by Gasteiger charge is 2.37. The number of hydrogen-bond acceptors (Lipinski definition) is 1. The number of alkyl halides is 6. The molecule has 0 radical (unpaired) electrons. The van der Waals surface area contributed by atoms with Gasteiger partial charge >= 0.3 is 12.4 Å². The van der Waals surface area contributed by atoms with Gasteiger partial charge in [0, 0.05) is 0 Å². The largest absolute Gasteiger partial charge is 0.449 e. The fourth-order valence-corrected chi connectivity index (χ4v) is 1.65. The van der Waals surface area contributed by atoms with Crippen LogP contribution >= 0.6 is 11.6 Å². The molecule has 0 aliphatic heterocycles. The molecule has 9 heteroatoms. The van der Waals surface area contributed by atoms with E-state index < -0.39 is 28.8 Å². The number of rotatable bonds is 0. The van der Waals surface area contributed by atoms with Gasteiger partial charge in [-0.15, -0.1) is 0 Å². The zero-order valence-corrected chi connectivity index (χ0v) is 9.00. The molecule has 98 valence electrons. The molecule has 0 aliphatic carbocycles. The first-order valence-electron chi connectivity index (χ1n) is 4.42. The summed E-state index contributed by atoms with van der Waals surface area (Å²) in [5.74, 6) is -1.37. The third-order valence-corrected chi connectivity index (χ3v) is 2.46. The van der Waals surface area contributed by atoms with E-state index in [0.29, 0.717) is 6.07 Å². The van der Waals surface area contributed by atoms with Crippen LogP contribution in [0.1, 0.15) is 11.4 Å². The van der Waals surface area contributed by atoms with Gasteiger partial charge < -0.3 is 4.98 Å². The standard InChI is InChI=1S/C9H3ClF6N2/c10-4-2-6-5(1-3(4)8(11,12)13)17-7(18-6)9(14,15)16/h1-2H,(H,17,18). The first-order chi connectivity index (χ1) is 8.09. The van der Waals surface area contributed by atoms with Crippen LogP contribution in [0.5, 0.6) is 0 Å². The van der Waals surface area contributed by atoms with Crippen molar-refractivity contribution >= 4 is 22.6 Å². The monoisotopic (exact) mass is 288 g/mol. The Hall–Kier alpha value is -1.44. The summed E-state index contributed by atoms with van der Waals surface area (Å²) in [7, 11) is 0. The lowest BCUT2D eigenvalue weighted by Crippen LogP contribution is -2.06. The maximum atomic E-state index is 12.5. The van der Waals surface area contributed by atoms with E-state index in [1.165, 1.54) is 0 Å². The van der Waals surface area contributed by atoms with Crippen LogP contribution in [-0.2, 0) is 12.4 Å². The minimum Gasteiger partial charge on any atom is -0.334 e. The lowest BCUT2D eigenvalue weighted by Gasteiger charge is -2.07. The Balaban J connectivity index is 2.65. The van der Waals surface area contributed by atoms with Crippen molar-refractivity contribution in [1.29, 1.82) is 0 Å². The smallest absolute Gasteiger partial charge is 0.334 e. The van der Waals surface area contributed by atoms with Crippen molar-refractivity contribution < 1.29 is 26.3 Å². The lowest BCUT2D eigenvalue weighted by molar-refractivity contribution is -0.144. The predicted octanol–water partition coefficient (Wildman–Crippen LogP) is 4.25. The number of H-pyrrole nitrogens is 1. The number of aromatic amines is 1. The van der Waals surface area contributed by atoms with Crippen LogP contribution in [0.4, 0.5) is 26.3 Å². The summed E-state index contributed by atoms with van der Waals surface area (Å²) in [5, 5.41) is -0.699. The van der Waals surface area contributed by atoms with Crippen LogP contribution in [0.15, 0.2) is 12.1 Å². The van der Waals surface area contributed by atoms with Gasteiger partial charge in [-0.3, -0.25) is 0 Å². The first kappa shape index (κ1) is 13.0. The molecule has 1 aromatic heterocycles. The second-order valence-electron chi connectivity index (χ2n) is 3.43. The van der Waals surface area contributed by atoms with Gasteiger partial charge in [0.15, 0.2) is 0 Å². The van der Waals surface area contributed by atoms with Crippen molar-refractivity contribution in [2.24, 2.45) is 0 Å². The Bertz CT molecular complexity index is 597. The zero-order chi connectivity index (χ0) is 13.7. The summed E-state index contributed by atoms with van der Waals surface area (Å²) in [5.41, 5.74) is -1.87. The molecule has 0 bridgehead atoms. The van der Waals surface area contributed by atoms with Crippen LogP contribution in [0.25, 0.3) is 11.0 Å². The molecule has 0 fully saturated rings. The molecule has 1 aromatic carbocycles. The fraction of sp³-hybridized carbons (Fsp3) is 0.222. The summed E-state index contributed by atoms with van der Waals surface area (Å²) in [4.78, 5) is 4.92. The van der Waals surface area contributed by atoms with Crippen LogP contribution in [-0.4, -0.2) is 9.97 Å². The van der Waals surface area contributed by atoms with Gasteiger partial charge in [-0.05, 0) is 12.1 Å². The van der Waals surface area contributed by atoms with E-state index in [1.54, 1.807) is 4.98 Å². The third-order valence-electron chi connectivity index (χ3n) is 2.14. The third kappa shape index (κ3) is 2.24. The zero-order valence-electron chi connectivity index (χ0n) is 8.25. The number of aromatic nitrogens is 2. The molecule has 2 nitrogen and oxygen atoms in total. The Morgan fingerprint density at radius 2 is 1.61 bits per heavy atom. The molecule has 0 unspecified atom stereocenters. The lowest BCUT2D eigenvalue weighted by atomic mass is 10.2. The van der Waals surface area contributed by atoms with Crippen molar-refractivity contribution in [1.82, 2.24) is 9.97 Å². The number of halogens is 7. The molecule has 0 saturated heterocycles. The Morgan fingerprint density at radius 3 is 2.11 bits per heavy atom. The fourth-order valence-electron chi connectivity index (χ4n) is 1.38. The van der Waals surface area contributed by atoms with E-state index in [1.807, 2.05) is 0 Å². The summed E-state index contributed by atoms with van der Waals surface area (Å²) in [6.07, 6.45) is -9.50. The predicted molar refractivity (Wildman–Crippen MR) is 51.1 cm³/mol. The SMILES string of the molecule is FC(F)(F)c1nc2cc(Cl)c(C(F)(F)F)cc2[nH]1. The minimum absolute atomic E-state index is 0.277. The van der Waals surface area contributed by atoms with Crippen LogP contribution in [0, 0.1) is 0 Å². The van der Waals surface area contributed by atoms with Crippen molar-refractivity contribution in [2.75, 3.05) is 0 Å². The molecular formula is C9H3ClF6N2. The van der Waals surface area contributed by atoms with Gasteiger partial charge in [0.2, 0.25) is 5.82 Å². The van der Waals surface area contributed by atoms with Crippen molar-refractivity contribution in [2.45, 2.75) is 12.4 Å². The molecular weight excluding hydrogens is 286 g/mol. The molecule has 0 aliphatic rings. The number of nitrogens with one attached hydrogen (secondary N) is 1. The average molecular weight is 289 g/mol. The summed E-state index contributed by atoms with van der Waals surface area (Å²) in [6.45, 7) is 0. The number of benzene rings is 1. The second-order valence-corrected chi connectivity index (χ2v) is 3.84. The highest BCUT2D eigenvalue weighted by Crippen LogP contribution is 2.37. The molecule has 0 spiro atoms. The van der Waals surface area contributed by atoms with E-state index in [2.05, 4.69) is 4.98 Å². The molecule has 2 rings (SSSR count). The molecule has 2 aromatic rings. The number of fused-ring (bicyclic) bond motifs is 1. The first-order valence-corrected chi connectivity index (χ1v) is 4.80. The number of nitrogens with zero attached hydrogens (tertiary/aromatic N) is 1. The minimum atomic E-state index is -4.76. The van der Waals surface area contributed by atoms with Crippen LogP contribution in [0.2, 0.25) is 5.02 Å². The van der Waals surface area contributed by atoms with Crippen LogP contribution < -0.4 is 0 Å². The second kappa shape index (κ2) is 3.78. The molecule has 0 saturated carbocycles. The van der Waals surface area contributed by atoms with E-state index in [4.69, 9.17) is 11.6 Å². The summed E-state index contributed by atoms with van der Waals surface area (Å²) in [6, 6.07) is 1.24. The number of hydrogen-bond donors (Lipinski definition) is 1. The maximum absolute atomic E-state index is 12.5. The molecule has 1 heterocycles. The molecule has 0 atom stereocenters. The Kier molecular flexibility index (Phi) is 2.73. The van der Waals surface area contributed by atoms with E-state index in [0.717, 1.165) is 6.07 Å². The topological polar surface area (TPSA) is 28.7 Å². The number of imidazole rings is 1. The van der Waals surface area contributed by atoms with Crippen molar-refractivity contribution in [3.63, 3.8) is 0 Å². The van der Waals surface area contributed by atoms with Gasteiger partial charge in [0.1, 0.15) is 0 Å². The van der Waals surface area contributed by atoms with Crippen LogP contribution in [0.3, 0.4) is 0 Å². The van der Waals surface area contributed by atoms with Gasteiger partial charge in [-0.2, -0.15) is 26.3 Å². The van der Waals surface area contributed by atoms with E-state index >= 15 is 0 Å². The molecule has 0 amide bonds. The average Bonchev–Trinajstić information content (AvgIpc) is 2.56. The van der Waals surface area contributed by atoms with Crippen molar-refractivity contribution in [3.8, 4) is 0 Å². The molecule has 1 N–H and O–H groups in total. The van der Waals surface area contributed by atoms with Gasteiger partial charge in [-0.25, -0.2) is 4.98 Å². The Morgan fingerprint density at radius 1 is 1.00 bits per heavy atom. The maximum Gasteiger partial charge on any atom is 0.449 e. The van der Waals surface area contributed by atoms with Crippen molar-refractivity contribution in [3.05, 3.63) is 28.5 Å². The van der Waals surface area contributed by atoms with E-state index in [9.17, 15) is 26.3 Å².